The van der Waals surface area contributed by atoms with Crippen LogP contribution in [0.3, 0.4) is 0 Å². The molecule has 2 aliphatic heterocycles. The van der Waals surface area contributed by atoms with E-state index in [-0.39, 0.29) is 67.7 Å². The van der Waals surface area contributed by atoms with Gasteiger partial charge in [-0.2, -0.15) is 10.2 Å². The molecule has 4 aliphatic rings. The van der Waals surface area contributed by atoms with Crippen molar-refractivity contribution in [3.05, 3.63) is 225 Å². The average molecular weight is 1480 g/mol. The van der Waals surface area contributed by atoms with E-state index in [1.54, 1.807) is 97.1 Å². The number of carbonyl (C=O) groups is 5. The zero-order valence-corrected chi connectivity index (χ0v) is 62.8. The first-order valence-electron chi connectivity index (χ1n) is 38.6. The van der Waals surface area contributed by atoms with Crippen LogP contribution >= 0.6 is 0 Å². The van der Waals surface area contributed by atoms with Crippen molar-refractivity contribution in [3.8, 4) is 22.3 Å². The summed E-state index contributed by atoms with van der Waals surface area (Å²) in [4.78, 5) is 74.6. The Morgan fingerprint density at radius 3 is 1.31 bits per heavy atom. The molecule has 2 saturated carbocycles. The van der Waals surface area contributed by atoms with Gasteiger partial charge in [-0.3, -0.25) is 24.0 Å². The second-order valence-electron chi connectivity index (χ2n) is 28.4. The quantitative estimate of drug-likeness (QED) is 0.0234. The molecule has 109 heavy (non-hydrogen) atoms. The topological polar surface area (TPSA) is 275 Å². The summed E-state index contributed by atoms with van der Waals surface area (Å²) in [5.74, 6) is -2.05. The number of rotatable bonds is 26. The van der Waals surface area contributed by atoms with E-state index >= 15 is 4.39 Å². The summed E-state index contributed by atoms with van der Waals surface area (Å²) in [6.07, 6.45) is 19.5. The lowest BCUT2D eigenvalue weighted by molar-refractivity contribution is 0.0903. The number of pyridine rings is 2. The van der Waals surface area contributed by atoms with Gasteiger partial charge in [-0.15, -0.1) is 0 Å². The third-order valence-electron chi connectivity index (χ3n) is 20.9. The molecule has 14 rings (SSSR count). The molecule has 9 N–H and O–H groups in total. The summed E-state index contributed by atoms with van der Waals surface area (Å²) in [5, 5.41) is 34.0. The maximum Gasteiger partial charge on any atom is 0.251 e. The zero-order chi connectivity index (χ0) is 76.2. The molecule has 4 amide bonds. The van der Waals surface area contributed by atoms with E-state index in [0.717, 1.165) is 105 Å². The van der Waals surface area contributed by atoms with Crippen LogP contribution in [0.4, 0.5) is 20.2 Å². The summed E-state index contributed by atoms with van der Waals surface area (Å²) in [7, 11) is 0. The van der Waals surface area contributed by atoms with Crippen LogP contribution < -0.4 is 43.0 Å². The van der Waals surface area contributed by atoms with E-state index in [1.165, 1.54) is 63.5 Å². The van der Waals surface area contributed by atoms with Gasteiger partial charge in [-0.1, -0.05) is 100 Å². The fourth-order valence-electron chi connectivity index (χ4n) is 14.7. The number of aryl methyl sites for hydroxylation is 4. The highest BCUT2D eigenvalue weighted by Crippen LogP contribution is 2.35. The molecule has 570 valence electrons. The van der Waals surface area contributed by atoms with Crippen molar-refractivity contribution < 1.29 is 42.2 Å². The van der Waals surface area contributed by atoms with Crippen molar-refractivity contribution >= 4 is 63.4 Å². The lowest BCUT2D eigenvalue weighted by Crippen LogP contribution is -2.30. The molecule has 4 aromatic heterocycles. The molecule has 23 heteroatoms. The molecule has 2 aliphatic carbocycles. The second kappa shape index (κ2) is 38.0. The smallest absolute Gasteiger partial charge is 0.251 e. The van der Waals surface area contributed by atoms with Crippen LogP contribution in [0.25, 0.3) is 44.3 Å². The Kier molecular flexibility index (Phi) is 27.2. The zero-order valence-electron chi connectivity index (χ0n) is 62.8. The van der Waals surface area contributed by atoms with Crippen LogP contribution in [0.1, 0.15) is 196 Å². The summed E-state index contributed by atoms with van der Waals surface area (Å²) in [6.45, 7) is 14.0. The molecule has 6 aromatic carbocycles. The largest absolute Gasteiger partial charge is 0.381 e. The summed E-state index contributed by atoms with van der Waals surface area (Å²) in [6, 6.07) is 39.0. The number of amides is 4. The third kappa shape index (κ3) is 20.0. The molecule has 2 saturated heterocycles. The Morgan fingerprint density at radius 1 is 0.477 bits per heavy atom. The number of nitrogens with zero attached hydrogens (tertiary/aromatic N) is 6. The van der Waals surface area contributed by atoms with Gasteiger partial charge < -0.3 is 52.4 Å². The van der Waals surface area contributed by atoms with E-state index < -0.39 is 5.82 Å². The highest BCUT2D eigenvalue weighted by Gasteiger charge is 2.26. The molecule has 6 heterocycles. The Hall–Kier alpha value is -10.6. The fraction of sp³-hybridized carbons (Fsp3) is 0.384. The van der Waals surface area contributed by atoms with E-state index in [0.29, 0.717) is 121 Å². The summed E-state index contributed by atoms with van der Waals surface area (Å²) >= 11 is 0. The lowest BCUT2D eigenvalue weighted by atomic mass is 10.00. The Morgan fingerprint density at radius 2 is 0.890 bits per heavy atom. The number of benzene rings is 6. The number of halogens is 2. The predicted molar refractivity (Wildman–Crippen MR) is 422 cm³/mol. The third-order valence-corrected chi connectivity index (χ3v) is 20.9. The molecule has 10 aromatic rings. The first-order chi connectivity index (χ1) is 53.2. The number of hydrogen-bond donors (Lipinski definition) is 8. The van der Waals surface area contributed by atoms with Crippen LogP contribution in [0, 0.1) is 11.6 Å². The normalized spacial score (nSPS) is 14.9. The SMILES string of the molecule is CCc1nc2c(cnn2CC)c(NC2CCOCC2)c1CNC(=O)c1cccc(C(=O)NCc2ccc(F)c(-c3cccc(C=O)c3)c2)c1.CCc1nc2c(cnn2CC)c(NC2CCOCC2)c1CNC(=O)c1cccc(C(=O)NCc2ccc(F)c(-c3cccc(CNC4CCCC4)c3)c2)c1.NC1CCCC1. The minimum absolute atomic E-state index is 0.142. The molecule has 0 unspecified atom stereocenters. The van der Waals surface area contributed by atoms with Gasteiger partial charge in [0.2, 0.25) is 0 Å². The van der Waals surface area contributed by atoms with Crippen molar-refractivity contribution in [2.75, 3.05) is 37.1 Å². The van der Waals surface area contributed by atoms with Crippen LogP contribution in [0.5, 0.6) is 0 Å². The van der Waals surface area contributed by atoms with Gasteiger partial charge in [0.25, 0.3) is 23.6 Å². The van der Waals surface area contributed by atoms with Crippen LogP contribution in [0.2, 0.25) is 0 Å². The Bertz CT molecular complexity index is 4820. The molecule has 0 atom stereocenters. The van der Waals surface area contributed by atoms with Crippen LogP contribution in [-0.4, -0.2) is 110 Å². The second-order valence-corrected chi connectivity index (χ2v) is 28.4. The van der Waals surface area contributed by atoms with Gasteiger partial charge in [0.1, 0.15) is 17.9 Å². The summed E-state index contributed by atoms with van der Waals surface area (Å²) < 4.78 is 44.7. The highest BCUT2D eigenvalue weighted by atomic mass is 19.1. The molecule has 0 radical (unpaired) electrons. The van der Waals surface area contributed by atoms with Crippen molar-refractivity contribution in [3.63, 3.8) is 0 Å². The average Bonchev–Trinajstić information content (AvgIpc) is 1.65. The predicted octanol–water partition coefficient (Wildman–Crippen LogP) is 14.3. The Labute approximate surface area is 635 Å². The molecule has 21 nitrogen and oxygen atoms in total. The van der Waals surface area contributed by atoms with Crippen molar-refractivity contribution in [1.29, 1.82) is 0 Å². The van der Waals surface area contributed by atoms with Crippen molar-refractivity contribution in [2.24, 2.45) is 5.73 Å². The van der Waals surface area contributed by atoms with Crippen molar-refractivity contribution in [2.45, 2.75) is 188 Å². The Balaban J connectivity index is 0.000000189. The van der Waals surface area contributed by atoms with Gasteiger partial charge in [0.05, 0.1) is 34.5 Å². The number of nitrogens with one attached hydrogen (secondary N) is 7. The fourth-order valence-corrected chi connectivity index (χ4v) is 14.7. The van der Waals surface area contributed by atoms with Gasteiger partial charge in [0.15, 0.2) is 11.3 Å². The van der Waals surface area contributed by atoms with E-state index in [1.807, 2.05) is 60.7 Å². The first kappa shape index (κ1) is 78.0. The maximum atomic E-state index is 15.1. The number of fused-ring (bicyclic) bond motifs is 2. The molecule has 0 bridgehead atoms. The number of carbonyl (C=O) groups excluding carboxylic acids is 5. The number of hydrogen-bond acceptors (Lipinski definition) is 15. The number of anilines is 2. The minimum Gasteiger partial charge on any atom is -0.381 e. The number of aromatic nitrogens is 6. The number of aldehydes is 1. The molecular weight excluding hydrogens is 1380 g/mol. The standard InChI is InChI=1S/C43H50FN7O3.C38H39FN6O4.C5H11N/c1-3-39-36(40(49-34-17-19-54-20-18-34)37-27-48-51(4-2)41(37)50-39)26-47-43(53)32-12-8-11-31(23-32)42(52)46-25-29-15-16-38(44)35(22-29)30-10-7-9-28(21-30)24-45-33-13-5-6-14-33;1-3-34-31(35(43-29-13-15-49-16-14-29)32-22-42-45(4-2)36(32)44-34)21-41-38(48)28-10-6-9-27(19-28)37(47)40-20-24-11-12-33(39)30(18-24)26-8-5-7-25(17-26)23-46;6-5-3-1-2-4-5/h7-12,15-16,21-23,27,33-34,45H,3-6,13-14,17-20,24-26H2,1-2H3,(H,46,52)(H,47,53)(H,49,50);5-12,17-19,22-23,29H,3-4,13-16,20-21H2,1-2H3,(H,40,47)(H,41,48)(H,43,44);5H,1-4,6H2. The highest BCUT2D eigenvalue weighted by molar-refractivity contribution is 6.01. The monoisotopic (exact) mass is 1480 g/mol. The van der Waals surface area contributed by atoms with E-state index in [4.69, 9.17) is 25.2 Å². The van der Waals surface area contributed by atoms with Crippen LogP contribution in [-0.2, 0) is 68.1 Å². The number of ether oxygens (including phenoxy) is 2. The molecular formula is C86H100F2N14O7. The van der Waals surface area contributed by atoms with E-state index in [2.05, 4.69) is 60.4 Å². The van der Waals surface area contributed by atoms with Crippen molar-refractivity contribution in [1.82, 2.24) is 56.1 Å². The maximum absolute atomic E-state index is 15.1. The molecule has 4 fully saturated rings. The van der Waals surface area contributed by atoms with Crippen LogP contribution in [0.15, 0.2) is 146 Å². The number of nitrogens with two attached hydrogens (primary N) is 1. The molecule has 0 spiro atoms. The van der Waals surface area contributed by atoms with Gasteiger partial charge in [0, 0.05) is 158 Å². The van der Waals surface area contributed by atoms with E-state index in [9.17, 15) is 28.4 Å². The lowest BCUT2D eigenvalue weighted by Gasteiger charge is -2.26. The van der Waals surface area contributed by atoms with Gasteiger partial charge >= 0.3 is 0 Å². The van der Waals surface area contributed by atoms with Gasteiger partial charge in [-0.05, 0) is 179 Å². The summed E-state index contributed by atoms with van der Waals surface area (Å²) in [5.41, 5.74) is 19.3. The first-order valence-corrected chi connectivity index (χ1v) is 38.6. The minimum atomic E-state index is -0.430. The van der Waals surface area contributed by atoms with Gasteiger partial charge in [-0.25, -0.2) is 28.1 Å².